The molecule has 5 heteroatoms. The molecule has 0 unspecified atom stereocenters. The van der Waals surface area contributed by atoms with Gasteiger partial charge in [-0.1, -0.05) is 30.3 Å². The lowest BCUT2D eigenvalue weighted by molar-refractivity contribution is -0.126. The van der Waals surface area contributed by atoms with Crippen molar-refractivity contribution in [1.82, 2.24) is 5.32 Å². The van der Waals surface area contributed by atoms with Crippen LogP contribution in [0.3, 0.4) is 0 Å². The summed E-state index contributed by atoms with van der Waals surface area (Å²) in [7, 11) is 0. The number of ether oxygens (including phenoxy) is 1. The third-order valence-corrected chi connectivity index (χ3v) is 4.78. The highest BCUT2D eigenvalue weighted by atomic mass is 16.5. The van der Waals surface area contributed by atoms with Crippen molar-refractivity contribution < 1.29 is 14.3 Å². The summed E-state index contributed by atoms with van der Waals surface area (Å²) >= 11 is 0. The monoisotopic (exact) mass is 352 g/mol. The van der Waals surface area contributed by atoms with Crippen molar-refractivity contribution in [2.45, 2.75) is 20.3 Å². The van der Waals surface area contributed by atoms with E-state index >= 15 is 0 Å². The fourth-order valence-corrected chi connectivity index (χ4v) is 3.15. The van der Waals surface area contributed by atoms with Crippen LogP contribution in [0.4, 0.5) is 5.69 Å². The van der Waals surface area contributed by atoms with E-state index in [2.05, 4.69) is 5.32 Å². The Kier molecular flexibility index (Phi) is 5.56. The highest BCUT2D eigenvalue weighted by Gasteiger charge is 2.35. The van der Waals surface area contributed by atoms with Gasteiger partial charge in [-0.3, -0.25) is 9.59 Å². The number of anilines is 1. The first-order valence-corrected chi connectivity index (χ1v) is 8.88. The number of benzene rings is 2. The zero-order valence-electron chi connectivity index (χ0n) is 15.2. The Labute approximate surface area is 154 Å². The van der Waals surface area contributed by atoms with Crippen molar-refractivity contribution in [2.75, 3.05) is 24.6 Å². The van der Waals surface area contributed by atoms with E-state index in [0.717, 1.165) is 22.6 Å². The summed E-state index contributed by atoms with van der Waals surface area (Å²) in [4.78, 5) is 26.5. The van der Waals surface area contributed by atoms with Gasteiger partial charge in [0.25, 0.3) is 0 Å². The summed E-state index contributed by atoms with van der Waals surface area (Å²) in [6.45, 7) is 5.27. The van der Waals surface area contributed by atoms with Crippen LogP contribution in [-0.4, -0.2) is 31.5 Å². The maximum atomic E-state index is 12.4. The van der Waals surface area contributed by atoms with Gasteiger partial charge in [0.1, 0.15) is 12.4 Å². The van der Waals surface area contributed by atoms with Crippen molar-refractivity contribution in [2.24, 2.45) is 5.92 Å². The Bertz CT molecular complexity index is 789. The molecule has 2 amide bonds. The summed E-state index contributed by atoms with van der Waals surface area (Å²) in [5.74, 6) is 0.361. The lowest BCUT2D eigenvalue weighted by atomic mass is 10.1. The molecule has 1 fully saturated rings. The highest BCUT2D eigenvalue weighted by Crippen LogP contribution is 2.29. The minimum atomic E-state index is -0.320. The van der Waals surface area contributed by atoms with E-state index in [0.29, 0.717) is 19.7 Å². The highest BCUT2D eigenvalue weighted by molar-refractivity contribution is 6.00. The van der Waals surface area contributed by atoms with Crippen molar-refractivity contribution >= 4 is 17.5 Å². The zero-order valence-corrected chi connectivity index (χ0v) is 15.2. The molecule has 136 valence electrons. The quantitative estimate of drug-likeness (QED) is 0.814. The predicted octanol–water partition coefficient (Wildman–Crippen LogP) is 2.85. The van der Waals surface area contributed by atoms with Crippen LogP contribution >= 0.6 is 0 Å². The van der Waals surface area contributed by atoms with Gasteiger partial charge in [0, 0.05) is 18.7 Å². The molecule has 0 aliphatic carbocycles. The van der Waals surface area contributed by atoms with Crippen molar-refractivity contribution in [3.05, 3.63) is 59.7 Å². The van der Waals surface area contributed by atoms with Crippen LogP contribution in [0.25, 0.3) is 0 Å². The lowest BCUT2D eigenvalue weighted by Crippen LogP contribution is -2.35. The number of aryl methyl sites for hydroxylation is 1. The smallest absolute Gasteiger partial charge is 0.227 e. The van der Waals surface area contributed by atoms with Crippen LogP contribution < -0.4 is 15.0 Å². The van der Waals surface area contributed by atoms with E-state index in [4.69, 9.17) is 4.74 Å². The number of carbonyl (C=O) groups excluding carboxylic acids is 2. The first kappa shape index (κ1) is 18.0. The van der Waals surface area contributed by atoms with Crippen LogP contribution in [0.1, 0.15) is 17.5 Å². The van der Waals surface area contributed by atoms with Crippen molar-refractivity contribution in [3.63, 3.8) is 0 Å². The fraction of sp³-hybridized carbons (Fsp3) is 0.333. The van der Waals surface area contributed by atoms with Gasteiger partial charge in [0.05, 0.1) is 12.5 Å². The van der Waals surface area contributed by atoms with Crippen molar-refractivity contribution in [1.29, 1.82) is 0 Å². The summed E-state index contributed by atoms with van der Waals surface area (Å²) in [6, 6.07) is 15.4. The number of para-hydroxylation sites is 1. The fourth-order valence-electron chi connectivity index (χ4n) is 3.15. The molecule has 3 rings (SSSR count). The van der Waals surface area contributed by atoms with E-state index in [-0.39, 0.29) is 24.2 Å². The average molecular weight is 352 g/mol. The first-order valence-electron chi connectivity index (χ1n) is 8.88. The van der Waals surface area contributed by atoms with Gasteiger partial charge in [0.15, 0.2) is 0 Å². The molecule has 1 aliphatic rings. The second kappa shape index (κ2) is 8.04. The molecule has 0 radical (unpaired) electrons. The minimum absolute atomic E-state index is 0.000569. The topological polar surface area (TPSA) is 58.6 Å². The van der Waals surface area contributed by atoms with E-state index in [1.54, 1.807) is 4.90 Å². The summed E-state index contributed by atoms with van der Waals surface area (Å²) in [5.41, 5.74) is 3.12. The van der Waals surface area contributed by atoms with Crippen LogP contribution in [0.2, 0.25) is 0 Å². The Hall–Kier alpha value is -2.82. The molecule has 1 N–H and O–H groups in total. The third-order valence-electron chi connectivity index (χ3n) is 4.78. The Balaban J connectivity index is 1.51. The number of nitrogens with one attached hydrogen (secondary N) is 1. The van der Waals surface area contributed by atoms with Crippen LogP contribution in [-0.2, 0) is 9.59 Å². The average Bonchev–Trinajstić information content (AvgIpc) is 3.03. The van der Waals surface area contributed by atoms with Gasteiger partial charge >= 0.3 is 0 Å². The van der Waals surface area contributed by atoms with E-state index in [1.807, 2.05) is 62.4 Å². The number of hydrogen-bond acceptors (Lipinski definition) is 3. The largest absolute Gasteiger partial charge is 0.492 e. The van der Waals surface area contributed by atoms with E-state index < -0.39 is 0 Å². The number of amides is 2. The Morgan fingerprint density at radius 2 is 1.92 bits per heavy atom. The predicted molar refractivity (Wildman–Crippen MR) is 101 cm³/mol. The van der Waals surface area contributed by atoms with E-state index in [9.17, 15) is 9.59 Å². The molecule has 0 aromatic heterocycles. The molecule has 2 aromatic rings. The molecule has 26 heavy (non-hydrogen) atoms. The Morgan fingerprint density at radius 3 is 2.69 bits per heavy atom. The maximum absolute atomic E-state index is 12.4. The van der Waals surface area contributed by atoms with Crippen LogP contribution in [0, 0.1) is 19.8 Å². The van der Waals surface area contributed by atoms with Gasteiger partial charge in [-0.25, -0.2) is 0 Å². The molecular formula is C21H24N2O3. The summed E-state index contributed by atoms with van der Waals surface area (Å²) in [6.07, 6.45) is 0.249. The van der Waals surface area contributed by atoms with Crippen molar-refractivity contribution in [3.8, 4) is 5.75 Å². The second-order valence-corrected chi connectivity index (χ2v) is 6.58. The summed E-state index contributed by atoms with van der Waals surface area (Å²) in [5, 5.41) is 2.87. The maximum Gasteiger partial charge on any atom is 0.227 e. The molecule has 5 nitrogen and oxygen atoms in total. The third kappa shape index (κ3) is 4.04. The van der Waals surface area contributed by atoms with Gasteiger partial charge in [-0.15, -0.1) is 0 Å². The first-order chi connectivity index (χ1) is 12.6. The lowest BCUT2D eigenvalue weighted by Gasteiger charge is -2.20. The molecule has 1 saturated heterocycles. The zero-order chi connectivity index (χ0) is 18.5. The number of nitrogens with zero attached hydrogens (tertiary/aromatic N) is 1. The van der Waals surface area contributed by atoms with Crippen LogP contribution in [0.15, 0.2) is 48.5 Å². The molecule has 0 saturated carbocycles. The summed E-state index contributed by atoms with van der Waals surface area (Å²) < 4.78 is 5.57. The van der Waals surface area contributed by atoms with Gasteiger partial charge in [0.2, 0.25) is 11.8 Å². The molecule has 1 aliphatic heterocycles. The molecule has 1 heterocycles. The van der Waals surface area contributed by atoms with Crippen LogP contribution in [0.5, 0.6) is 5.75 Å². The number of rotatable bonds is 6. The Morgan fingerprint density at radius 1 is 1.15 bits per heavy atom. The number of carbonyl (C=O) groups is 2. The van der Waals surface area contributed by atoms with Gasteiger partial charge in [-0.2, -0.15) is 0 Å². The van der Waals surface area contributed by atoms with E-state index in [1.165, 1.54) is 0 Å². The second-order valence-electron chi connectivity index (χ2n) is 6.58. The molecule has 0 spiro atoms. The SMILES string of the molecule is Cc1cccc(N2C[C@@H](C(=O)NCCOc3ccccc3)CC2=O)c1C. The molecule has 1 atom stereocenters. The van der Waals surface area contributed by atoms with Gasteiger partial charge in [-0.05, 0) is 43.2 Å². The standard InChI is InChI=1S/C21H24N2O3/c1-15-7-6-10-19(16(15)2)23-14-17(13-20(23)24)21(25)22-11-12-26-18-8-4-3-5-9-18/h3-10,17H,11-14H2,1-2H3,(H,22,25)/t17-/m0/s1. The number of hydrogen-bond donors (Lipinski definition) is 1. The molecular weight excluding hydrogens is 328 g/mol. The molecule has 2 aromatic carbocycles. The molecule has 0 bridgehead atoms. The van der Waals surface area contributed by atoms with Gasteiger partial charge < -0.3 is 15.0 Å². The minimum Gasteiger partial charge on any atom is -0.492 e. The normalized spacial score (nSPS) is 16.6.